The first-order valence-corrected chi connectivity index (χ1v) is 9.32. The molecule has 5 nitrogen and oxygen atoms in total. The van der Waals surface area contributed by atoms with Gasteiger partial charge in [-0.25, -0.2) is 0 Å². The molecule has 24 heavy (non-hydrogen) atoms. The Labute approximate surface area is 159 Å². The molecule has 0 rings (SSSR count). The van der Waals surface area contributed by atoms with Crippen LogP contribution in [0.15, 0.2) is 0 Å². The van der Waals surface area contributed by atoms with Gasteiger partial charge >= 0.3 is 56.5 Å². The van der Waals surface area contributed by atoms with Crippen molar-refractivity contribution < 1.29 is 40.6 Å². The Balaban J connectivity index is -0.0000000448. The minimum absolute atomic E-state index is 0. The van der Waals surface area contributed by atoms with Gasteiger partial charge < -0.3 is 0 Å². The molecule has 0 saturated heterocycles. The molecule has 0 radical (unpaired) electrons. The van der Waals surface area contributed by atoms with E-state index in [0.29, 0.717) is 0 Å². The molecule has 0 spiro atoms. The van der Waals surface area contributed by atoms with Gasteiger partial charge in [0.1, 0.15) is 0 Å². The van der Waals surface area contributed by atoms with Crippen LogP contribution < -0.4 is 0 Å². The molecule has 0 saturated carbocycles. The minimum Gasteiger partial charge on any atom is 0 e. The van der Waals surface area contributed by atoms with Crippen molar-refractivity contribution in [3.63, 3.8) is 0 Å². The monoisotopic (exact) mass is 395 g/mol. The van der Waals surface area contributed by atoms with Gasteiger partial charge in [-0.1, -0.05) is 40.0 Å². The van der Waals surface area contributed by atoms with E-state index in [4.69, 9.17) is 23.3 Å². The largest absolute Gasteiger partial charge is 0 e. The van der Waals surface area contributed by atoms with E-state index in [1.54, 1.807) is 18.5 Å². The van der Waals surface area contributed by atoms with Crippen LogP contribution in [0.1, 0.15) is 59.3 Å². The summed E-state index contributed by atoms with van der Waals surface area (Å²) in [6, 6.07) is 0. The first-order chi connectivity index (χ1) is 11.3. The Morgan fingerprint density at radius 2 is 0.667 bits per heavy atom. The maximum absolute atomic E-state index is 7.50. The van der Waals surface area contributed by atoms with Gasteiger partial charge in [0.05, 0.1) is 18.5 Å². The molecular formula is C17H28CrO5P+. The van der Waals surface area contributed by atoms with Gasteiger partial charge in [0.15, 0.2) is 0 Å². The Kier molecular flexibility index (Phi) is 143. The van der Waals surface area contributed by atoms with E-state index in [0.717, 1.165) is 0 Å². The molecule has 0 fully saturated rings. The van der Waals surface area contributed by atoms with Crippen LogP contribution >= 0.6 is 7.92 Å². The number of hydrogen-bond donors (Lipinski definition) is 0. The third-order valence-electron chi connectivity index (χ3n) is 2.65. The zero-order valence-electron chi connectivity index (χ0n) is 14.8. The van der Waals surface area contributed by atoms with E-state index in [1.165, 1.54) is 38.5 Å². The first kappa shape index (κ1) is 43.8. The fraction of sp³-hybridized carbons (Fsp3) is 0.706. The van der Waals surface area contributed by atoms with E-state index < -0.39 is 0 Å². The SMILES string of the molecule is CCCC[PH+](CCCC)CCCC.[C-]#[O+].[C-]#[O+].[C-]#[O+].[C-]#[O+].[C-]#[O+].[Cr]. The quantitative estimate of drug-likeness (QED) is 0.314. The normalized spacial score (nSPS) is 6.42. The third-order valence-corrected chi connectivity index (χ3v) is 5.83. The number of unbranched alkanes of at least 4 members (excludes halogenated alkanes) is 3. The summed E-state index contributed by atoms with van der Waals surface area (Å²) in [4.78, 5) is 0. The maximum atomic E-state index is 7.50. The summed E-state index contributed by atoms with van der Waals surface area (Å²) >= 11 is 0. The summed E-state index contributed by atoms with van der Waals surface area (Å²) in [5.41, 5.74) is 0. The second-order valence-corrected chi connectivity index (χ2v) is 7.06. The fourth-order valence-corrected chi connectivity index (χ4v) is 4.97. The van der Waals surface area contributed by atoms with Crippen molar-refractivity contribution >= 4 is 7.92 Å². The third kappa shape index (κ3) is 68.0. The topological polar surface area (TPSA) is 99.5 Å². The molecule has 0 bridgehead atoms. The van der Waals surface area contributed by atoms with Crippen molar-refractivity contribution in [3.8, 4) is 0 Å². The van der Waals surface area contributed by atoms with Crippen LogP contribution in [0.4, 0.5) is 0 Å². The van der Waals surface area contributed by atoms with Gasteiger partial charge in [-0.3, -0.25) is 0 Å². The average Bonchev–Trinajstić information content (AvgIpc) is 2.69. The zero-order valence-corrected chi connectivity index (χ0v) is 17.1. The molecular weight excluding hydrogens is 367 g/mol. The molecule has 0 aromatic rings. The molecule has 0 unspecified atom stereocenters. The van der Waals surface area contributed by atoms with Gasteiger partial charge in [0.2, 0.25) is 0 Å². The van der Waals surface area contributed by atoms with Crippen molar-refractivity contribution in [2.45, 2.75) is 59.3 Å². The Morgan fingerprint density at radius 1 is 0.500 bits per heavy atom. The Hall–Kier alpha value is -0.338. The molecule has 0 amide bonds. The van der Waals surface area contributed by atoms with Gasteiger partial charge in [-0.05, 0) is 19.3 Å². The predicted molar refractivity (Wildman–Crippen MR) is 87.3 cm³/mol. The van der Waals surface area contributed by atoms with Crippen molar-refractivity contribution in [3.05, 3.63) is 33.3 Å². The Bertz CT molecular complexity index is 208. The number of hydrogen-bond acceptors (Lipinski definition) is 0. The van der Waals surface area contributed by atoms with Crippen molar-refractivity contribution in [1.82, 2.24) is 0 Å². The van der Waals surface area contributed by atoms with Gasteiger partial charge in [-0.15, -0.1) is 0 Å². The molecule has 0 heterocycles. The van der Waals surface area contributed by atoms with Crippen LogP contribution in [0.2, 0.25) is 0 Å². The maximum Gasteiger partial charge on any atom is 0 e. The average molecular weight is 395 g/mol. The second kappa shape index (κ2) is 78.2. The molecule has 0 aromatic heterocycles. The molecule has 7 heteroatoms. The van der Waals surface area contributed by atoms with Crippen LogP contribution in [-0.4, -0.2) is 18.5 Å². The van der Waals surface area contributed by atoms with Crippen molar-refractivity contribution in [1.29, 1.82) is 0 Å². The Morgan fingerprint density at radius 3 is 0.792 bits per heavy atom. The fourth-order valence-electron chi connectivity index (χ4n) is 1.66. The second-order valence-electron chi connectivity index (χ2n) is 4.06. The molecule has 0 aliphatic heterocycles. The summed E-state index contributed by atoms with van der Waals surface area (Å²) in [6.45, 7) is 29.5. The summed E-state index contributed by atoms with van der Waals surface area (Å²) in [5, 5.41) is 0. The molecule has 0 N–H and O–H groups in total. The summed E-state index contributed by atoms with van der Waals surface area (Å²) in [6.07, 6.45) is 13.4. The summed E-state index contributed by atoms with van der Waals surface area (Å²) in [7, 11) is 0.0675. The van der Waals surface area contributed by atoms with Gasteiger partial charge in [0.25, 0.3) is 0 Å². The first-order valence-electron chi connectivity index (χ1n) is 7.20. The van der Waals surface area contributed by atoms with E-state index in [2.05, 4.69) is 54.0 Å². The van der Waals surface area contributed by atoms with E-state index in [-0.39, 0.29) is 25.3 Å². The molecule has 0 aliphatic rings. The molecule has 0 aromatic carbocycles. The van der Waals surface area contributed by atoms with E-state index >= 15 is 0 Å². The van der Waals surface area contributed by atoms with Gasteiger partial charge in [-0.2, -0.15) is 0 Å². The van der Waals surface area contributed by atoms with E-state index in [9.17, 15) is 0 Å². The van der Waals surface area contributed by atoms with Crippen molar-refractivity contribution in [2.75, 3.05) is 18.5 Å². The smallest absolute Gasteiger partial charge is 0 e. The molecule has 136 valence electrons. The summed E-state index contributed by atoms with van der Waals surface area (Å²) in [5.74, 6) is 0. The molecule has 0 aliphatic carbocycles. The number of rotatable bonds is 9. The van der Waals surface area contributed by atoms with Crippen LogP contribution in [0.3, 0.4) is 0 Å². The van der Waals surface area contributed by atoms with Crippen LogP contribution in [0.25, 0.3) is 0 Å². The van der Waals surface area contributed by atoms with Crippen molar-refractivity contribution in [2.24, 2.45) is 0 Å². The predicted octanol–water partition coefficient (Wildman–Crippen LogP) is 4.41. The zero-order chi connectivity index (χ0) is 19.9. The van der Waals surface area contributed by atoms with Gasteiger partial charge in [0, 0.05) is 25.3 Å². The van der Waals surface area contributed by atoms with Crippen LogP contribution in [0.5, 0.6) is 0 Å². The molecule has 0 atom stereocenters. The van der Waals surface area contributed by atoms with Crippen LogP contribution in [-0.2, 0) is 40.6 Å². The minimum atomic E-state index is 0. The van der Waals surface area contributed by atoms with E-state index in [1.807, 2.05) is 0 Å². The standard InChI is InChI=1S/C12H27P.5CO.Cr/c1-4-7-10-13(11-8-5-2)12-9-6-3;5*1-2;/h4-12H2,1-3H3;;;;;;/p+1. The summed E-state index contributed by atoms with van der Waals surface area (Å²) < 4.78 is 37.5. The van der Waals surface area contributed by atoms with Crippen LogP contribution in [0, 0.1) is 33.3 Å².